The van der Waals surface area contributed by atoms with E-state index in [2.05, 4.69) is 36.1 Å². The molecule has 3 aromatic rings. The third kappa shape index (κ3) is 3.44. The Kier molecular flexibility index (Phi) is 4.23. The van der Waals surface area contributed by atoms with E-state index in [0.29, 0.717) is 30.0 Å². The van der Waals surface area contributed by atoms with Crippen molar-refractivity contribution in [3.63, 3.8) is 0 Å². The predicted octanol–water partition coefficient (Wildman–Crippen LogP) is 0.811. The first-order valence-electron chi connectivity index (χ1n) is 9.56. The van der Waals surface area contributed by atoms with E-state index in [9.17, 15) is 9.59 Å². The molecule has 1 fully saturated rings. The molecule has 0 radical (unpaired) electrons. The Morgan fingerprint density at radius 2 is 2.17 bits per heavy atom. The zero-order chi connectivity index (χ0) is 19.8. The van der Waals surface area contributed by atoms with Crippen LogP contribution in [0.3, 0.4) is 0 Å². The average molecular weight is 392 g/mol. The van der Waals surface area contributed by atoms with Crippen LogP contribution in [0, 0.1) is 0 Å². The first-order valence-corrected chi connectivity index (χ1v) is 9.56. The van der Waals surface area contributed by atoms with E-state index in [0.717, 1.165) is 30.8 Å². The van der Waals surface area contributed by atoms with Crippen LogP contribution in [0.1, 0.15) is 22.3 Å². The van der Waals surface area contributed by atoms with Gasteiger partial charge in [0.25, 0.3) is 5.91 Å². The number of carbonyl (C=O) groups is 2. The Bertz CT molecular complexity index is 1090. The lowest BCUT2D eigenvalue weighted by Gasteiger charge is -2.19. The zero-order valence-corrected chi connectivity index (χ0v) is 15.6. The molecule has 3 N–H and O–H groups in total. The van der Waals surface area contributed by atoms with Crippen LogP contribution in [0.2, 0.25) is 0 Å². The molecule has 2 aliphatic heterocycles. The van der Waals surface area contributed by atoms with Gasteiger partial charge in [0.05, 0.1) is 0 Å². The third-order valence-electron chi connectivity index (χ3n) is 5.28. The number of hydrogen-bond donors (Lipinski definition) is 3. The van der Waals surface area contributed by atoms with Gasteiger partial charge >= 0.3 is 6.03 Å². The molecule has 0 aliphatic carbocycles. The maximum atomic E-state index is 12.4. The summed E-state index contributed by atoms with van der Waals surface area (Å²) in [5, 5.41) is 21.0. The van der Waals surface area contributed by atoms with Crippen LogP contribution in [0.25, 0.3) is 5.65 Å². The molecule has 0 spiro atoms. The van der Waals surface area contributed by atoms with Gasteiger partial charge in [-0.05, 0) is 48.7 Å². The number of nitrogens with zero attached hydrogens (tertiary/aromatic N) is 5. The molecule has 29 heavy (non-hydrogen) atoms. The monoisotopic (exact) mass is 392 g/mol. The zero-order valence-electron chi connectivity index (χ0n) is 15.6. The maximum Gasteiger partial charge on any atom is 0.319 e. The van der Waals surface area contributed by atoms with E-state index in [1.165, 1.54) is 0 Å². The van der Waals surface area contributed by atoms with Crippen molar-refractivity contribution in [2.24, 2.45) is 0 Å². The standard InChI is InChI=1S/C19H20N8O2/c28-18-15-2-1-13(9-12(15)5-7-20-18)22-19(29)23-14-6-8-26(10-14)17-4-3-16-24-21-11-27(16)25-17/h1-4,9,11,14H,5-8,10H2,(H,20,28)(H2,22,23,29). The number of aromatic nitrogens is 4. The van der Waals surface area contributed by atoms with Crippen LogP contribution in [-0.2, 0) is 6.42 Å². The smallest absolute Gasteiger partial charge is 0.319 e. The molecule has 4 heterocycles. The number of hydrogen-bond acceptors (Lipinski definition) is 6. The van der Waals surface area contributed by atoms with Crippen LogP contribution < -0.4 is 20.9 Å². The first kappa shape index (κ1) is 17.4. The molecule has 148 valence electrons. The fourth-order valence-electron chi connectivity index (χ4n) is 3.83. The van der Waals surface area contributed by atoms with Crippen molar-refractivity contribution < 1.29 is 9.59 Å². The molecule has 10 heteroatoms. The topological polar surface area (TPSA) is 117 Å². The van der Waals surface area contributed by atoms with Gasteiger partial charge in [-0.25, -0.2) is 4.79 Å². The number of anilines is 2. The highest BCUT2D eigenvalue weighted by atomic mass is 16.2. The van der Waals surface area contributed by atoms with Crippen molar-refractivity contribution >= 4 is 29.1 Å². The van der Waals surface area contributed by atoms with Crippen LogP contribution in [0.4, 0.5) is 16.3 Å². The van der Waals surface area contributed by atoms with Crippen molar-refractivity contribution in [1.29, 1.82) is 0 Å². The van der Waals surface area contributed by atoms with Crippen LogP contribution in [-0.4, -0.2) is 57.4 Å². The number of nitrogens with one attached hydrogen (secondary N) is 3. The molecule has 2 aliphatic rings. The highest BCUT2D eigenvalue weighted by Gasteiger charge is 2.25. The van der Waals surface area contributed by atoms with Gasteiger partial charge in [-0.3, -0.25) is 4.79 Å². The largest absolute Gasteiger partial charge is 0.353 e. The van der Waals surface area contributed by atoms with E-state index in [1.54, 1.807) is 23.0 Å². The summed E-state index contributed by atoms with van der Waals surface area (Å²) in [5.41, 5.74) is 3.01. The Labute approximate surface area is 166 Å². The number of urea groups is 1. The molecule has 1 atom stereocenters. The molecule has 1 aromatic carbocycles. The van der Waals surface area contributed by atoms with Crippen LogP contribution >= 0.6 is 0 Å². The fraction of sp³-hybridized carbons (Fsp3) is 0.316. The second-order valence-electron chi connectivity index (χ2n) is 7.23. The number of fused-ring (bicyclic) bond motifs is 2. The van der Waals surface area contributed by atoms with E-state index in [-0.39, 0.29) is 18.0 Å². The second-order valence-corrected chi connectivity index (χ2v) is 7.23. The Balaban J connectivity index is 1.20. The summed E-state index contributed by atoms with van der Waals surface area (Å²) < 4.78 is 1.64. The normalized spacial score (nSPS) is 18.4. The average Bonchev–Trinajstić information content (AvgIpc) is 3.36. The number of rotatable bonds is 3. The lowest BCUT2D eigenvalue weighted by atomic mass is 10.00. The highest BCUT2D eigenvalue weighted by molar-refractivity contribution is 5.98. The van der Waals surface area contributed by atoms with Gasteiger partial charge in [-0.15, -0.1) is 15.3 Å². The summed E-state index contributed by atoms with van der Waals surface area (Å²) in [5.74, 6) is 0.765. The van der Waals surface area contributed by atoms with Gasteiger partial charge in [-0.1, -0.05) is 0 Å². The third-order valence-corrected chi connectivity index (χ3v) is 5.28. The van der Waals surface area contributed by atoms with E-state index >= 15 is 0 Å². The van der Waals surface area contributed by atoms with Crippen LogP contribution in [0.15, 0.2) is 36.7 Å². The molecule has 0 saturated carbocycles. The van der Waals surface area contributed by atoms with Gasteiger partial charge in [-0.2, -0.15) is 4.52 Å². The predicted molar refractivity (Wildman–Crippen MR) is 106 cm³/mol. The van der Waals surface area contributed by atoms with Gasteiger partial charge in [0.1, 0.15) is 12.1 Å². The number of amides is 3. The second kappa shape index (κ2) is 7.04. The summed E-state index contributed by atoms with van der Waals surface area (Å²) in [6.45, 7) is 2.10. The maximum absolute atomic E-state index is 12.4. The molecule has 3 amide bonds. The summed E-state index contributed by atoms with van der Waals surface area (Å²) >= 11 is 0. The quantitative estimate of drug-likeness (QED) is 0.607. The summed E-state index contributed by atoms with van der Waals surface area (Å²) in [4.78, 5) is 26.4. The fourth-order valence-corrected chi connectivity index (χ4v) is 3.83. The molecular weight excluding hydrogens is 372 g/mol. The summed E-state index contributed by atoms with van der Waals surface area (Å²) in [6.07, 6.45) is 3.17. The van der Waals surface area contributed by atoms with Gasteiger partial charge in [0, 0.05) is 36.9 Å². The molecule has 0 bridgehead atoms. The molecule has 5 rings (SSSR count). The molecule has 1 unspecified atom stereocenters. The molecule has 1 saturated heterocycles. The lowest BCUT2D eigenvalue weighted by molar-refractivity contribution is 0.0946. The van der Waals surface area contributed by atoms with Crippen molar-refractivity contribution in [3.8, 4) is 0 Å². The van der Waals surface area contributed by atoms with Gasteiger partial charge in [0.15, 0.2) is 5.65 Å². The summed E-state index contributed by atoms with van der Waals surface area (Å²) in [7, 11) is 0. The summed E-state index contributed by atoms with van der Waals surface area (Å²) in [6, 6.07) is 8.93. The Morgan fingerprint density at radius 3 is 3.10 bits per heavy atom. The van der Waals surface area contributed by atoms with Crippen LogP contribution in [0.5, 0.6) is 0 Å². The lowest BCUT2D eigenvalue weighted by Crippen LogP contribution is -2.40. The Morgan fingerprint density at radius 1 is 1.24 bits per heavy atom. The Hall–Kier alpha value is -3.69. The number of carbonyl (C=O) groups excluding carboxylic acids is 2. The molecular formula is C19H20N8O2. The molecule has 2 aromatic heterocycles. The molecule has 10 nitrogen and oxygen atoms in total. The van der Waals surface area contributed by atoms with E-state index < -0.39 is 0 Å². The SMILES string of the molecule is O=C(Nc1ccc2c(c1)CCNC2=O)NC1CCN(c2ccc3nncn3n2)C1. The van der Waals surface area contributed by atoms with Crippen molar-refractivity contribution in [2.75, 3.05) is 29.9 Å². The minimum atomic E-state index is -0.251. The number of benzene rings is 1. The van der Waals surface area contributed by atoms with Crippen molar-refractivity contribution in [1.82, 2.24) is 30.4 Å². The van der Waals surface area contributed by atoms with Gasteiger partial charge < -0.3 is 20.9 Å². The minimum Gasteiger partial charge on any atom is -0.353 e. The first-order chi connectivity index (χ1) is 14.2. The minimum absolute atomic E-state index is 0.0248. The van der Waals surface area contributed by atoms with E-state index in [4.69, 9.17) is 0 Å². The van der Waals surface area contributed by atoms with E-state index in [1.807, 2.05) is 18.2 Å². The highest BCUT2D eigenvalue weighted by Crippen LogP contribution is 2.20. The van der Waals surface area contributed by atoms with Crippen molar-refractivity contribution in [2.45, 2.75) is 18.9 Å². The van der Waals surface area contributed by atoms with Gasteiger partial charge in [0.2, 0.25) is 0 Å². The van der Waals surface area contributed by atoms with Crippen molar-refractivity contribution in [3.05, 3.63) is 47.8 Å².